The fourth-order valence-corrected chi connectivity index (χ4v) is 1.31. The van der Waals surface area contributed by atoms with Crippen LogP contribution in [0.25, 0.3) is 0 Å². The van der Waals surface area contributed by atoms with Gasteiger partial charge in [0.2, 0.25) is 5.88 Å². The lowest BCUT2D eigenvalue weighted by molar-refractivity contribution is -0.276. The van der Waals surface area contributed by atoms with Crippen LogP contribution in [0, 0.1) is 6.92 Å². The van der Waals surface area contributed by atoms with Gasteiger partial charge in [-0.25, -0.2) is 9.78 Å². The molecule has 0 unspecified atom stereocenters. The molecular weight excluding hydrogens is 255 g/mol. The fourth-order valence-electron chi connectivity index (χ4n) is 1.31. The number of hydrogen-bond donors (Lipinski definition) is 0. The van der Waals surface area contributed by atoms with Gasteiger partial charge in [0.05, 0.1) is 19.8 Å². The Hall–Kier alpha value is -1.99. The van der Waals surface area contributed by atoms with Gasteiger partial charge in [-0.05, 0) is 6.92 Å². The summed E-state index contributed by atoms with van der Waals surface area (Å²) in [6, 6.07) is 0. The van der Waals surface area contributed by atoms with E-state index in [1.54, 1.807) is 0 Å². The number of pyridine rings is 1. The molecule has 0 atom stereocenters. The zero-order chi connectivity index (χ0) is 13.9. The molecule has 1 aromatic heterocycles. The van der Waals surface area contributed by atoms with E-state index in [2.05, 4.69) is 14.5 Å². The first-order valence-electron chi connectivity index (χ1n) is 4.67. The number of carbonyl (C=O) groups is 1. The molecule has 0 aromatic carbocycles. The maximum Gasteiger partial charge on any atom is 0.574 e. The van der Waals surface area contributed by atoms with Crippen LogP contribution < -0.4 is 9.47 Å². The highest BCUT2D eigenvalue weighted by molar-refractivity contribution is 5.92. The molecular formula is C10H10F3NO4. The summed E-state index contributed by atoms with van der Waals surface area (Å²) in [5, 5.41) is 0. The number of ether oxygens (including phenoxy) is 3. The fraction of sp³-hybridized carbons (Fsp3) is 0.400. The summed E-state index contributed by atoms with van der Waals surface area (Å²) in [5.74, 6) is -1.51. The number of halogens is 3. The van der Waals surface area contributed by atoms with Crippen LogP contribution in [0.5, 0.6) is 11.6 Å². The van der Waals surface area contributed by atoms with E-state index in [1.165, 1.54) is 14.0 Å². The SMILES string of the molecule is COC(=O)c1cnc(OC(F)(F)F)c(C)c1OC. The van der Waals surface area contributed by atoms with Crippen LogP contribution in [0.15, 0.2) is 6.20 Å². The highest BCUT2D eigenvalue weighted by Gasteiger charge is 2.33. The third-order valence-electron chi connectivity index (χ3n) is 2.04. The molecule has 0 aliphatic rings. The van der Waals surface area contributed by atoms with E-state index in [9.17, 15) is 18.0 Å². The van der Waals surface area contributed by atoms with Crippen LogP contribution in [0.4, 0.5) is 13.2 Å². The number of alkyl halides is 3. The molecule has 1 aromatic rings. The van der Waals surface area contributed by atoms with E-state index in [1.807, 2.05) is 0 Å². The molecule has 0 saturated carbocycles. The number of rotatable bonds is 3. The minimum atomic E-state index is -4.87. The molecule has 0 saturated heterocycles. The lowest BCUT2D eigenvalue weighted by Gasteiger charge is -2.14. The Labute approximate surface area is 100 Å². The molecule has 0 N–H and O–H groups in total. The molecule has 1 rings (SSSR count). The number of hydrogen-bond acceptors (Lipinski definition) is 5. The van der Waals surface area contributed by atoms with Gasteiger partial charge in [-0.1, -0.05) is 0 Å². The first-order valence-corrected chi connectivity index (χ1v) is 4.67. The molecule has 0 spiro atoms. The average molecular weight is 265 g/mol. The first kappa shape index (κ1) is 14.1. The monoisotopic (exact) mass is 265 g/mol. The number of methoxy groups -OCH3 is 2. The predicted octanol–water partition coefficient (Wildman–Crippen LogP) is 2.08. The molecule has 1 heterocycles. The highest BCUT2D eigenvalue weighted by atomic mass is 19.4. The van der Waals surface area contributed by atoms with Gasteiger partial charge in [-0.15, -0.1) is 13.2 Å². The Morgan fingerprint density at radius 3 is 2.39 bits per heavy atom. The van der Waals surface area contributed by atoms with Crippen LogP contribution in [0.3, 0.4) is 0 Å². The van der Waals surface area contributed by atoms with Crippen molar-refractivity contribution in [3.05, 3.63) is 17.3 Å². The zero-order valence-electron chi connectivity index (χ0n) is 9.79. The number of esters is 1. The van der Waals surface area contributed by atoms with Crippen molar-refractivity contribution in [2.45, 2.75) is 13.3 Å². The minimum Gasteiger partial charge on any atom is -0.495 e. The normalized spacial score (nSPS) is 11.0. The number of nitrogens with zero attached hydrogens (tertiary/aromatic N) is 1. The molecule has 0 amide bonds. The standard InChI is InChI=1S/C10H10F3NO4/c1-5-7(16-2)6(9(15)17-3)4-14-8(5)18-10(11,12)13/h4H,1-3H3. The minimum absolute atomic E-state index is 0.0438. The van der Waals surface area contributed by atoms with Crippen LogP contribution in [-0.2, 0) is 4.74 Å². The van der Waals surface area contributed by atoms with Crippen molar-refractivity contribution >= 4 is 5.97 Å². The lowest BCUT2D eigenvalue weighted by atomic mass is 10.2. The van der Waals surface area contributed by atoms with Crippen LogP contribution in [-0.4, -0.2) is 31.5 Å². The average Bonchev–Trinajstić information content (AvgIpc) is 2.28. The molecule has 100 valence electrons. The molecule has 0 fully saturated rings. The summed E-state index contributed by atoms with van der Waals surface area (Å²) >= 11 is 0. The smallest absolute Gasteiger partial charge is 0.495 e. The van der Waals surface area contributed by atoms with E-state index < -0.39 is 18.2 Å². The van der Waals surface area contributed by atoms with E-state index in [0.29, 0.717) is 0 Å². The topological polar surface area (TPSA) is 57.7 Å². The van der Waals surface area contributed by atoms with Crippen LogP contribution in [0.1, 0.15) is 15.9 Å². The van der Waals surface area contributed by atoms with Crippen molar-refractivity contribution < 1.29 is 32.2 Å². The van der Waals surface area contributed by atoms with Crippen molar-refractivity contribution in [1.82, 2.24) is 4.98 Å². The quantitative estimate of drug-likeness (QED) is 0.783. The van der Waals surface area contributed by atoms with Crippen molar-refractivity contribution in [2.24, 2.45) is 0 Å². The summed E-state index contributed by atoms with van der Waals surface area (Å²) in [5.41, 5.74) is -0.121. The Morgan fingerprint density at radius 1 is 1.33 bits per heavy atom. The van der Waals surface area contributed by atoms with Crippen LogP contribution in [0.2, 0.25) is 0 Å². The highest BCUT2D eigenvalue weighted by Crippen LogP contribution is 2.32. The second-order valence-electron chi connectivity index (χ2n) is 3.17. The van der Waals surface area contributed by atoms with Gasteiger partial charge >= 0.3 is 12.3 Å². The molecule has 0 radical (unpaired) electrons. The third-order valence-corrected chi connectivity index (χ3v) is 2.04. The van der Waals surface area contributed by atoms with Gasteiger partial charge in [-0.3, -0.25) is 0 Å². The summed E-state index contributed by atoms with van der Waals surface area (Å²) in [4.78, 5) is 14.8. The van der Waals surface area contributed by atoms with Crippen molar-refractivity contribution in [3.8, 4) is 11.6 Å². The van der Waals surface area contributed by atoms with Gasteiger partial charge in [0, 0.05) is 6.20 Å². The number of carbonyl (C=O) groups excluding carboxylic acids is 1. The first-order chi connectivity index (χ1) is 8.30. The van der Waals surface area contributed by atoms with Crippen molar-refractivity contribution in [1.29, 1.82) is 0 Å². The van der Waals surface area contributed by atoms with Gasteiger partial charge in [0.15, 0.2) is 0 Å². The largest absolute Gasteiger partial charge is 0.574 e. The molecule has 18 heavy (non-hydrogen) atoms. The van der Waals surface area contributed by atoms with Crippen molar-refractivity contribution in [3.63, 3.8) is 0 Å². The lowest BCUT2D eigenvalue weighted by Crippen LogP contribution is -2.19. The maximum atomic E-state index is 12.1. The van der Waals surface area contributed by atoms with Crippen LogP contribution >= 0.6 is 0 Å². The molecule has 0 aliphatic carbocycles. The Balaban J connectivity index is 3.24. The number of aromatic nitrogens is 1. The van der Waals surface area contributed by atoms with E-state index in [0.717, 1.165) is 13.3 Å². The van der Waals surface area contributed by atoms with Crippen molar-refractivity contribution in [2.75, 3.05) is 14.2 Å². The Bertz CT molecular complexity index is 459. The maximum absolute atomic E-state index is 12.1. The molecule has 0 bridgehead atoms. The second-order valence-corrected chi connectivity index (χ2v) is 3.17. The van der Waals surface area contributed by atoms with Gasteiger partial charge < -0.3 is 14.2 Å². The van der Waals surface area contributed by atoms with Gasteiger partial charge in [-0.2, -0.15) is 0 Å². The van der Waals surface area contributed by atoms with Gasteiger partial charge in [0.25, 0.3) is 0 Å². The molecule has 5 nitrogen and oxygen atoms in total. The zero-order valence-corrected chi connectivity index (χ0v) is 9.79. The third kappa shape index (κ3) is 3.02. The Kier molecular flexibility index (Phi) is 4.00. The van der Waals surface area contributed by atoms with E-state index in [4.69, 9.17) is 4.74 Å². The van der Waals surface area contributed by atoms with Gasteiger partial charge in [0.1, 0.15) is 11.3 Å². The molecule has 8 heteroatoms. The Morgan fingerprint density at radius 2 is 1.94 bits per heavy atom. The summed E-state index contributed by atoms with van der Waals surface area (Å²) in [7, 11) is 2.35. The van der Waals surface area contributed by atoms with E-state index in [-0.39, 0.29) is 16.9 Å². The molecule has 0 aliphatic heterocycles. The summed E-state index contributed by atoms with van der Waals surface area (Å²) in [6.07, 6.45) is -3.96. The summed E-state index contributed by atoms with van der Waals surface area (Å²) < 4.78 is 49.3. The van der Waals surface area contributed by atoms with E-state index >= 15 is 0 Å². The summed E-state index contributed by atoms with van der Waals surface area (Å²) in [6.45, 7) is 1.29. The second kappa shape index (κ2) is 5.11. The predicted molar refractivity (Wildman–Crippen MR) is 53.5 cm³/mol.